The van der Waals surface area contributed by atoms with Gasteiger partial charge in [0, 0.05) is 18.3 Å². The third kappa shape index (κ3) is 2.23. The highest BCUT2D eigenvalue weighted by atomic mass is 35.5. The fourth-order valence-electron chi connectivity index (χ4n) is 2.53. The van der Waals surface area contributed by atoms with Crippen LogP contribution >= 0.6 is 11.6 Å². The lowest BCUT2D eigenvalue weighted by atomic mass is 10.0. The molecule has 1 fully saturated rings. The molecule has 16 heavy (non-hydrogen) atoms. The van der Waals surface area contributed by atoms with E-state index in [2.05, 4.69) is 29.8 Å². The highest BCUT2D eigenvalue weighted by Crippen LogP contribution is 2.33. The molecule has 3 heteroatoms. The van der Waals surface area contributed by atoms with Crippen LogP contribution in [0.15, 0.2) is 12.3 Å². The highest BCUT2D eigenvalue weighted by Gasteiger charge is 2.28. The maximum atomic E-state index is 5.96. The summed E-state index contributed by atoms with van der Waals surface area (Å²) in [6.45, 7) is 7.74. The molecule has 1 atom stereocenters. The number of aromatic nitrogens is 1. The lowest BCUT2D eigenvalue weighted by Gasteiger charge is -2.28. The van der Waals surface area contributed by atoms with Crippen molar-refractivity contribution in [3.8, 4) is 0 Å². The van der Waals surface area contributed by atoms with E-state index in [1.165, 1.54) is 24.9 Å². The summed E-state index contributed by atoms with van der Waals surface area (Å²) in [6, 6.07) is 3.31. The zero-order chi connectivity index (χ0) is 11.7. The molecule has 88 valence electrons. The van der Waals surface area contributed by atoms with Gasteiger partial charge in [-0.1, -0.05) is 11.6 Å². The zero-order valence-corrected chi connectivity index (χ0v) is 11.0. The van der Waals surface area contributed by atoms with E-state index in [0.717, 1.165) is 5.56 Å². The average Bonchev–Trinajstić information content (AvgIpc) is 2.71. The molecule has 0 radical (unpaired) electrons. The molecule has 0 amide bonds. The fourth-order valence-corrected chi connectivity index (χ4v) is 2.63. The molecule has 0 N–H and O–H groups in total. The molecule has 0 aliphatic carbocycles. The fraction of sp³-hybridized carbons (Fsp3) is 0.615. The smallest absolute Gasteiger partial charge is 0.131 e. The van der Waals surface area contributed by atoms with Crippen molar-refractivity contribution < 1.29 is 0 Å². The zero-order valence-electron chi connectivity index (χ0n) is 10.2. The molecule has 0 bridgehead atoms. The molecule has 0 aromatic carbocycles. The normalized spacial score (nSPS) is 21.9. The van der Waals surface area contributed by atoms with Gasteiger partial charge in [-0.3, -0.25) is 4.90 Å². The Kier molecular flexibility index (Phi) is 3.50. The van der Waals surface area contributed by atoms with E-state index < -0.39 is 0 Å². The second-order valence-corrected chi connectivity index (χ2v) is 5.22. The lowest BCUT2D eigenvalue weighted by Crippen LogP contribution is -2.30. The summed E-state index contributed by atoms with van der Waals surface area (Å²) in [5, 5.41) is 0.623. The summed E-state index contributed by atoms with van der Waals surface area (Å²) in [6.07, 6.45) is 4.45. The molecule has 2 heterocycles. The molecule has 1 aromatic rings. The van der Waals surface area contributed by atoms with Crippen molar-refractivity contribution >= 4 is 11.6 Å². The third-order valence-electron chi connectivity index (χ3n) is 3.38. The van der Waals surface area contributed by atoms with Gasteiger partial charge in [0.15, 0.2) is 0 Å². The van der Waals surface area contributed by atoms with Crippen molar-refractivity contribution in [2.45, 2.75) is 45.7 Å². The van der Waals surface area contributed by atoms with E-state index in [-0.39, 0.29) is 0 Å². The lowest BCUT2D eigenvalue weighted by molar-refractivity contribution is 0.205. The Hall–Kier alpha value is -0.600. The minimum absolute atomic E-state index is 0.531. The van der Waals surface area contributed by atoms with Gasteiger partial charge in [0.1, 0.15) is 5.15 Å². The molecule has 0 spiro atoms. The van der Waals surface area contributed by atoms with Crippen LogP contribution in [0.1, 0.15) is 43.9 Å². The predicted octanol–water partition coefficient (Wildman–Crippen LogP) is 3.59. The van der Waals surface area contributed by atoms with Gasteiger partial charge in [0.2, 0.25) is 0 Å². The Morgan fingerprint density at radius 1 is 1.50 bits per heavy atom. The van der Waals surface area contributed by atoms with Gasteiger partial charge in [0.25, 0.3) is 0 Å². The maximum absolute atomic E-state index is 5.96. The second-order valence-electron chi connectivity index (χ2n) is 4.87. The quantitative estimate of drug-likeness (QED) is 0.732. The van der Waals surface area contributed by atoms with Gasteiger partial charge in [-0.25, -0.2) is 4.98 Å². The van der Waals surface area contributed by atoms with Crippen LogP contribution in [0.25, 0.3) is 0 Å². The standard InChI is InChI=1S/C13H19ClN2/c1-9(2)16-6-4-5-12(16)11-7-10(3)13(14)15-8-11/h7-9,12H,4-6H2,1-3H3. The summed E-state index contributed by atoms with van der Waals surface area (Å²) in [5.74, 6) is 0. The van der Waals surface area contributed by atoms with Gasteiger partial charge in [0.05, 0.1) is 0 Å². The molecule has 2 nitrogen and oxygen atoms in total. The first-order chi connectivity index (χ1) is 7.59. The van der Waals surface area contributed by atoms with E-state index in [9.17, 15) is 0 Å². The first kappa shape index (κ1) is 11.9. The monoisotopic (exact) mass is 238 g/mol. The number of likely N-dealkylation sites (tertiary alicyclic amines) is 1. The summed E-state index contributed by atoms with van der Waals surface area (Å²) in [5.41, 5.74) is 2.39. The van der Waals surface area contributed by atoms with Crippen LogP contribution < -0.4 is 0 Å². The minimum Gasteiger partial charge on any atom is -0.294 e. The molecule has 1 aliphatic heterocycles. The van der Waals surface area contributed by atoms with Crippen LogP contribution in [-0.2, 0) is 0 Å². The Balaban J connectivity index is 2.26. The second kappa shape index (κ2) is 4.72. The summed E-state index contributed by atoms with van der Waals surface area (Å²) in [7, 11) is 0. The van der Waals surface area contributed by atoms with E-state index in [1.807, 2.05) is 13.1 Å². The number of aryl methyl sites for hydroxylation is 1. The Morgan fingerprint density at radius 3 is 2.88 bits per heavy atom. The Bertz CT molecular complexity index is 376. The highest BCUT2D eigenvalue weighted by molar-refractivity contribution is 6.30. The summed E-state index contributed by atoms with van der Waals surface area (Å²) >= 11 is 5.96. The van der Waals surface area contributed by atoms with Crippen LogP contribution in [0.4, 0.5) is 0 Å². The van der Waals surface area contributed by atoms with Gasteiger partial charge in [-0.15, -0.1) is 0 Å². The van der Waals surface area contributed by atoms with E-state index >= 15 is 0 Å². The molecule has 1 saturated heterocycles. The number of nitrogens with zero attached hydrogens (tertiary/aromatic N) is 2. The molecule has 1 unspecified atom stereocenters. The van der Waals surface area contributed by atoms with Crippen molar-refractivity contribution in [2.24, 2.45) is 0 Å². The van der Waals surface area contributed by atoms with Crippen LogP contribution in [-0.4, -0.2) is 22.5 Å². The number of halogens is 1. The molecular weight excluding hydrogens is 220 g/mol. The molecular formula is C13H19ClN2. The Labute approximate surface area is 103 Å². The SMILES string of the molecule is Cc1cc(C2CCCN2C(C)C)cnc1Cl. The van der Waals surface area contributed by atoms with E-state index in [0.29, 0.717) is 17.2 Å². The Morgan fingerprint density at radius 2 is 2.25 bits per heavy atom. The van der Waals surface area contributed by atoms with Gasteiger partial charge in [-0.2, -0.15) is 0 Å². The van der Waals surface area contributed by atoms with Gasteiger partial charge < -0.3 is 0 Å². The topological polar surface area (TPSA) is 16.1 Å². The third-order valence-corrected chi connectivity index (χ3v) is 3.77. The number of pyridine rings is 1. The van der Waals surface area contributed by atoms with Crippen LogP contribution in [0.3, 0.4) is 0 Å². The number of hydrogen-bond acceptors (Lipinski definition) is 2. The number of hydrogen-bond donors (Lipinski definition) is 0. The van der Waals surface area contributed by atoms with E-state index in [1.54, 1.807) is 0 Å². The van der Waals surface area contributed by atoms with Gasteiger partial charge in [-0.05, 0) is 57.4 Å². The minimum atomic E-state index is 0.531. The summed E-state index contributed by atoms with van der Waals surface area (Å²) in [4.78, 5) is 6.80. The predicted molar refractivity (Wildman–Crippen MR) is 67.8 cm³/mol. The van der Waals surface area contributed by atoms with Crippen molar-refractivity contribution in [2.75, 3.05) is 6.54 Å². The summed E-state index contributed by atoms with van der Waals surface area (Å²) < 4.78 is 0. The first-order valence-electron chi connectivity index (χ1n) is 5.97. The molecule has 2 rings (SSSR count). The van der Waals surface area contributed by atoms with Gasteiger partial charge >= 0.3 is 0 Å². The number of rotatable bonds is 2. The van der Waals surface area contributed by atoms with Crippen molar-refractivity contribution in [1.29, 1.82) is 0 Å². The van der Waals surface area contributed by atoms with Crippen molar-refractivity contribution in [3.63, 3.8) is 0 Å². The van der Waals surface area contributed by atoms with Crippen LogP contribution in [0.2, 0.25) is 5.15 Å². The first-order valence-corrected chi connectivity index (χ1v) is 6.35. The van der Waals surface area contributed by atoms with Crippen LogP contribution in [0, 0.1) is 6.92 Å². The van der Waals surface area contributed by atoms with Crippen LogP contribution in [0.5, 0.6) is 0 Å². The largest absolute Gasteiger partial charge is 0.294 e. The average molecular weight is 239 g/mol. The van der Waals surface area contributed by atoms with Crippen molar-refractivity contribution in [1.82, 2.24) is 9.88 Å². The van der Waals surface area contributed by atoms with E-state index in [4.69, 9.17) is 11.6 Å². The maximum Gasteiger partial charge on any atom is 0.131 e. The molecule has 1 aliphatic rings. The molecule has 1 aromatic heterocycles. The molecule has 0 saturated carbocycles. The van der Waals surface area contributed by atoms with Crippen molar-refractivity contribution in [3.05, 3.63) is 28.5 Å².